The van der Waals surface area contributed by atoms with E-state index in [4.69, 9.17) is 11.0 Å². The highest BCUT2D eigenvalue weighted by Gasteiger charge is 2.45. The highest BCUT2D eigenvalue weighted by Crippen LogP contribution is 2.49. The summed E-state index contributed by atoms with van der Waals surface area (Å²) in [4.78, 5) is 13.5. The molecule has 0 radical (unpaired) electrons. The smallest absolute Gasteiger partial charge is 0.234 e. The lowest BCUT2D eigenvalue weighted by molar-refractivity contribution is -0.124. The van der Waals surface area contributed by atoms with Gasteiger partial charge >= 0.3 is 0 Å². The molecular weight excluding hydrogens is 202 g/mol. The van der Waals surface area contributed by atoms with Gasteiger partial charge in [0.25, 0.3) is 0 Å². The molecule has 88 valence electrons. The van der Waals surface area contributed by atoms with Crippen LogP contribution in [0, 0.1) is 16.7 Å². The Bertz CT molecular complexity index is 317. The molecule has 1 aliphatic carbocycles. The van der Waals surface area contributed by atoms with Crippen molar-refractivity contribution in [3.8, 4) is 6.07 Å². The van der Waals surface area contributed by atoms with Crippen molar-refractivity contribution < 1.29 is 4.79 Å². The minimum absolute atomic E-state index is 0.0927. The lowest BCUT2D eigenvalue weighted by Gasteiger charge is -2.35. The molecule has 2 fully saturated rings. The molecule has 1 heterocycles. The number of nitrogens with two attached hydrogens (primary N) is 1. The van der Waals surface area contributed by atoms with E-state index >= 15 is 0 Å². The van der Waals surface area contributed by atoms with Crippen LogP contribution in [0.5, 0.6) is 0 Å². The van der Waals surface area contributed by atoms with Crippen molar-refractivity contribution in [1.82, 2.24) is 4.90 Å². The van der Waals surface area contributed by atoms with Crippen LogP contribution in [-0.4, -0.2) is 29.9 Å². The number of nitrogens with zero attached hydrogens (tertiary/aromatic N) is 2. The van der Waals surface area contributed by atoms with Gasteiger partial charge in [0, 0.05) is 13.0 Å². The fraction of sp³-hybridized carbons (Fsp3) is 0.833. The van der Waals surface area contributed by atoms with E-state index < -0.39 is 0 Å². The summed E-state index contributed by atoms with van der Waals surface area (Å²) in [5.41, 5.74) is 5.61. The van der Waals surface area contributed by atoms with Crippen molar-refractivity contribution in [2.75, 3.05) is 13.1 Å². The highest BCUT2D eigenvalue weighted by molar-refractivity contribution is 5.79. The van der Waals surface area contributed by atoms with Crippen molar-refractivity contribution in [3.63, 3.8) is 0 Å². The highest BCUT2D eigenvalue weighted by atomic mass is 16.1. The number of hydrogen-bond donors (Lipinski definition) is 1. The third-order valence-corrected chi connectivity index (χ3v) is 3.89. The molecule has 0 bridgehead atoms. The van der Waals surface area contributed by atoms with Crippen molar-refractivity contribution in [2.24, 2.45) is 11.1 Å². The average Bonchev–Trinajstić information content (AvgIpc) is 2.99. The van der Waals surface area contributed by atoms with E-state index in [9.17, 15) is 4.79 Å². The third-order valence-electron chi connectivity index (χ3n) is 3.89. The Morgan fingerprint density at radius 3 is 2.81 bits per heavy atom. The molecule has 0 aromatic heterocycles. The molecule has 1 unspecified atom stereocenters. The lowest BCUT2D eigenvalue weighted by Crippen LogP contribution is -2.49. The monoisotopic (exact) mass is 221 g/mol. The minimum atomic E-state index is -0.201. The number of likely N-dealkylation sites (tertiary alicyclic amines) is 1. The number of carbonyl (C=O) groups excluding carboxylic acids is 1. The fourth-order valence-corrected chi connectivity index (χ4v) is 2.67. The van der Waals surface area contributed by atoms with E-state index in [0.717, 1.165) is 45.2 Å². The predicted octanol–water partition coefficient (Wildman–Crippen LogP) is 1.02. The molecule has 2 rings (SSSR count). The van der Waals surface area contributed by atoms with Gasteiger partial charge in [-0.1, -0.05) is 6.42 Å². The van der Waals surface area contributed by atoms with Gasteiger partial charge in [0.05, 0.1) is 12.1 Å². The Labute approximate surface area is 96.4 Å². The van der Waals surface area contributed by atoms with Gasteiger partial charge in [0.1, 0.15) is 0 Å². The zero-order valence-corrected chi connectivity index (χ0v) is 9.61. The first-order valence-electron chi connectivity index (χ1n) is 6.07. The molecule has 0 spiro atoms. The molecule has 4 nitrogen and oxygen atoms in total. The van der Waals surface area contributed by atoms with Gasteiger partial charge in [0.15, 0.2) is 0 Å². The van der Waals surface area contributed by atoms with Gasteiger partial charge < -0.3 is 5.73 Å². The summed E-state index contributed by atoms with van der Waals surface area (Å²) >= 11 is 0. The molecule has 16 heavy (non-hydrogen) atoms. The normalized spacial score (nSPS) is 28.3. The number of nitriles is 1. The SMILES string of the molecule is N#CCC1(CN2CCCCC2C(N)=O)CC1. The van der Waals surface area contributed by atoms with E-state index in [1.807, 2.05) is 0 Å². The van der Waals surface area contributed by atoms with Crippen LogP contribution in [0.25, 0.3) is 0 Å². The average molecular weight is 221 g/mol. The molecule has 1 amide bonds. The van der Waals surface area contributed by atoms with Crippen LogP contribution in [0.1, 0.15) is 38.5 Å². The predicted molar refractivity (Wildman–Crippen MR) is 60.3 cm³/mol. The Hall–Kier alpha value is -1.08. The van der Waals surface area contributed by atoms with Gasteiger partial charge in [-0.3, -0.25) is 9.69 Å². The number of primary amides is 1. The maximum Gasteiger partial charge on any atom is 0.234 e. The molecule has 0 aromatic carbocycles. The van der Waals surface area contributed by atoms with Crippen LogP contribution in [0.4, 0.5) is 0 Å². The third kappa shape index (κ3) is 2.35. The second-order valence-corrected chi connectivity index (χ2v) is 5.22. The van der Waals surface area contributed by atoms with Gasteiger partial charge in [-0.15, -0.1) is 0 Å². The first-order valence-corrected chi connectivity index (χ1v) is 6.07. The Balaban J connectivity index is 1.97. The molecule has 1 atom stereocenters. The van der Waals surface area contributed by atoms with E-state index in [2.05, 4.69) is 11.0 Å². The minimum Gasteiger partial charge on any atom is -0.368 e. The number of carbonyl (C=O) groups is 1. The zero-order chi connectivity index (χ0) is 11.6. The number of rotatable bonds is 4. The van der Waals surface area contributed by atoms with Crippen LogP contribution in [0.3, 0.4) is 0 Å². The quantitative estimate of drug-likeness (QED) is 0.770. The maximum atomic E-state index is 11.3. The number of piperidine rings is 1. The topological polar surface area (TPSA) is 70.1 Å². The first-order chi connectivity index (χ1) is 7.67. The van der Waals surface area contributed by atoms with Crippen LogP contribution >= 0.6 is 0 Å². The van der Waals surface area contributed by atoms with Gasteiger partial charge in [-0.2, -0.15) is 5.26 Å². The maximum absolute atomic E-state index is 11.3. The van der Waals surface area contributed by atoms with Gasteiger partial charge in [0.2, 0.25) is 5.91 Å². The summed E-state index contributed by atoms with van der Waals surface area (Å²) in [6.07, 6.45) is 6.00. The van der Waals surface area contributed by atoms with Crippen LogP contribution in [0.2, 0.25) is 0 Å². The van der Waals surface area contributed by atoms with E-state index in [1.54, 1.807) is 0 Å². The molecule has 1 saturated carbocycles. The first kappa shape index (κ1) is 11.4. The Morgan fingerprint density at radius 1 is 1.50 bits per heavy atom. The summed E-state index contributed by atoms with van der Waals surface area (Å²) in [6, 6.07) is 2.17. The van der Waals surface area contributed by atoms with Crippen molar-refractivity contribution >= 4 is 5.91 Å². The Kier molecular flexibility index (Phi) is 3.15. The molecular formula is C12H19N3O. The van der Waals surface area contributed by atoms with E-state index in [1.165, 1.54) is 0 Å². The lowest BCUT2D eigenvalue weighted by atomic mass is 9.96. The molecule has 4 heteroatoms. The molecule has 1 aliphatic heterocycles. The second kappa shape index (κ2) is 4.42. The molecule has 0 aromatic rings. The largest absolute Gasteiger partial charge is 0.368 e. The van der Waals surface area contributed by atoms with Crippen LogP contribution < -0.4 is 5.73 Å². The van der Waals surface area contributed by atoms with Crippen LogP contribution in [0.15, 0.2) is 0 Å². The zero-order valence-electron chi connectivity index (χ0n) is 9.61. The summed E-state index contributed by atoms with van der Waals surface area (Å²) in [5.74, 6) is -0.201. The number of hydrogen-bond acceptors (Lipinski definition) is 3. The molecule has 2 N–H and O–H groups in total. The number of amides is 1. The van der Waals surface area contributed by atoms with Gasteiger partial charge in [-0.25, -0.2) is 0 Å². The fourth-order valence-electron chi connectivity index (χ4n) is 2.67. The van der Waals surface area contributed by atoms with Crippen molar-refractivity contribution in [2.45, 2.75) is 44.6 Å². The Morgan fingerprint density at radius 2 is 2.25 bits per heavy atom. The molecule has 1 saturated heterocycles. The van der Waals surface area contributed by atoms with Gasteiger partial charge in [-0.05, 0) is 37.6 Å². The standard InChI is InChI=1S/C12H19N3O/c13-7-6-12(4-5-12)9-15-8-2-1-3-10(15)11(14)16/h10H,1-6,8-9H2,(H2,14,16). The summed E-state index contributed by atoms with van der Waals surface area (Å²) in [6.45, 7) is 1.84. The second-order valence-electron chi connectivity index (χ2n) is 5.22. The summed E-state index contributed by atoms with van der Waals surface area (Å²) < 4.78 is 0. The van der Waals surface area contributed by atoms with Crippen molar-refractivity contribution in [1.29, 1.82) is 5.26 Å². The summed E-state index contributed by atoms with van der Waals surface area (Å²) in [7, 11) is 0. The van der Waals surface area contributed by atoms with E-state index in [0.29, 0.717) is 6.42 Å². The van der Waals surface area contributed by atoms with Crippen molar-refractivity contribution in [3.05, 3.63) is 0 Å². The summed E-state index contributed by atoms with van der Waals surface area (Å²) in [5, 5.41) is 8.79. The van der Waals surface area contributed by atoms with Crippen LogP contribution in [-0.2, 0) is 4.79 Å². The molecule has 2 aliphatic rings. The van der Waals surface area contributed by atoms with E-state index in [-0.39, 0.29) is 17.4 Å².